The van der Waals surface area contributed by atoms with Crippen LogP contribution < -0.4 is 15.8 Å². The number of nitrogens with two attached hydrogens (primary N) is 1. The van der Waals surface area contributed by atoms with Crippen LogP contribution >= 0.6 is 0 Å². The number of nitrogens with one attached hydrogen (secondary N) is 2. The minimum atomic E-state index is -4.28. The Hall–Kier alpha value is -2.92. The Kier molecular flexibility index (Phi) is 3.95. The molecule has 11 heteroatoms. The van der Waals surface area contributed by atoms with Gasteiger partial charge < -0.3 is 11.1 Å². The molecule has 0 saturated carbocycles. The van der Waals surface area contributed by atoms with Gasteiger partial charge in [-0.2, -0.15) is 23.5 Å². The number of benzene rings is 1. The van der Waals surface area contributed by atoms with E-state index in [2.05, 4.69) is 20.4 Å². The van der Waals surface area contributed by atoms with Gasteiger partial charge in [-0.25, -0.2) is 0 Å². The molecule has 0 aliphatic rings. The summed E-state index contributed by atoms with van der Waals surface area (Å²) in [4.78, 5) is 8.31. The van der Waals surface area contributed by atoms with E-state index in [4.69, 9.17) is 10.3 Å². The first-order valence-electron chi connectivity index (χ1n) is 6.85. The lowest BCUT2D eigenvalue weighted by Crippen LogP contribution is -2.10. The van der Waals surface area contributed by atoms with Crippen molar-refractivity contribution in [2.75, 3.05) is 15.8 Å². The SMILES string of the molecule is Cn1ncc2c(NCc3ccc(NS(=O)(=O)O)cc3)nc(N)nc21. The number of aryl methyl sites for hydroxylation is 1. The van der Waals surface area contributed by atoms with Gasteiger partial charge in [-0.3, -0.25) is 14.0 Å². The number of nitrogens with zero attached hydrogens (tertiary/aromatic N) is 4. The number of fused-ring (bicyclic) bond motifs is 1. The van der Waals surface area contributed by atoms with Gasteiger partial charge in [0, 0.05) is 13.6 Å². The van der Waals surface area contributed by atoms with Crippen LogP contribution in [-0.2, 0) is 23.9 Å². The molecule has 0 spiro atoms. The molecule has 0 aliphatic carbocycles. The Morgan fingerprint density at radius 3 is 2.62 bits per heavy atom. The van der Waals surface area contributed by atoms with E-state index in [1.54, 1.807) is 42.2 Å². The number of hydrogen-bond donors (Lipinski definition) is 4. The molecular formula is C13H15N7O3S. The standard InChI is InChI=1S/C13H15N7O3S/c1-20-12-10(7-16-20)11(17-13(14)18-12)15-6-8-2-4-9(5-3-8)19-24(21,22)23/h2-5,7,19H,6H2,1H3,(H,21,22,23)(H3,14,15,17,18). The molecule has 0 unspecified atom stereocenters. The van der Waals surface area contributed by atoms with Crippen LogP contribution in [0.3, 0.4) is 0 Å². The molecule has 2 aromatic heterocycles. The molecule has 10 nitrogen and oxygen atoms in total. The van der Waals surface area contributed by atoms with Gasteiger partial charge in [-0.1, -0.05) is 12.1 Å². The van der Waals surface area contributed by atoms with Gasteiger partial charge in [0.15, 0.2) is 5.65 Å². The summed E-state index contributed by atoms with van der Waals surface area (Å²) in [6, 6.07) is 6.51. The Morgan fingerprint density at radius 1 is 1.25 bits per heavy atom. The summed E-state index contributed by atoms with van der Waals surface area (Å²) in [5.74, 6) is 0.701. The van der Waals surface area contributed by atoms with Gasteiger partial charge in [0.1, 0.15) is 5.82 Å². The van der Waals surface area contributed by atoms with E-state index in [1.807, 2.05) is 4.72 Å². The Morgan fingerprint density at radius 2 is 1.96 bits per heavy atom. The third-order valence-electron chi connectivity index (χ3n) is 3.27. The van der Waals surface area contributed by atoms with Crippen LogP contribution in [0.15, 0.2) is 30.5 Å². The normalized spacial score (nSPS) is 11.6. The minimum absolute atomic E-state index is 0.140. The molecular weight excluding hydrogens is 334 g/mol. The van der Waals surface area contributed by atoms with E-state index in [9.17, 15) is 8.42 Å². The van der Waals surface area contributed by atoms with Crippen molar-refractivity contribution in [3.8, 4) is 0 Å². The highest BCUT2D eigenvalue weighted by molar-refractivity contribution is 7.87. The molecule has 3 rings (SSSR count). The Balaban J connectivity index is 1.76. The summed E-state index contributed by atoms with van der Waals surface area (Å²) in [6.07, 6.45) is 1.65. The lowest BCUT2D eigenvalue weighted by molar-refractivity contribution is 0.489. The third kappa shape index (κ3) is 3.52. The molecule has 1 aromatic carbocycles. The van der Waals surface area contributed by atoms with E-state index < -0.39 is 10.3 Å². The van der Waals surface area contributed by atoms with Crippen LogP contribution in [0.4, 0.5) is 17.5 Å². The van der Waals surface area contributed by atoms with Crippen molar-refractivity contribution in [2.45, 2.75) is 6.54 Å². The first kappa shape index (κ1) is 16.0. The zero-order valence-electron chi connectivity index (χ0n) is 12.6. The predicted molar refractivity (Wildman–Crippen MR) is 89.7 cm³/mol. The van der Waals surface area contributed by atoms with Crippen molar-refractivity contribution in [3.05, 3.63) is 36.0 Å². The molecule has 0 aliphatic heterocycles. The molecule has 2 heterocycles. The van der Waals surface area contributed by atoms with Crippen molar-refractivity contribution in [1.82, 2.24) is 19.7 Å². The van der Waals surface area contributed by atoms with Crippen molar-refractivity contribution in [1.29, 1.82) is 0 Å². The fourth-order valence-electron chi connectivity index (χ4n) is 2.20. The van der Waals surface area contributed by atoms with E-state index in [0.29, 0.717) is 18.0 Å². The van der Waals surface area contributed by atoms with E-state index in [-0.39, 0.29) is 11.6 Å². The van der Waals surface area contributed by atoms with Gasteiger partial charge in [0.25, 0.3) is 0 Å². The molecule has 0 atom stereocenters. The zero-order valence-corrected chi connectivity index (χ0v) is 13.4. The second kappa shape index (κ2) is 5.94. The van der Waals surface area contributed by atoms with Gasteiger partial charge in [-0.05, 0) is 17.7 Å². The summed E-state index contributed by atoms with van der Waals surface area (Å²) in [5.41, 5.74) is 7.48. The molecule has 3 aromatic rings. The summed E-state index contributed by atoms with van der Waals surface area (Å²) in [5, 5.41) is 8.03. The van der Waals surface area contributed by atoms with Gasteiger partial charge in [0.2, 0.25) is 5.95 Å². The van der Waals surface area contributed by atoms with Crippen LogP contribution in [-0.4, -0.2) is 32.7 Å². The smallest absolute Gasteiger partial charge is 0.357 e. The summed E-state index contributed by atoms with van der Waals surface area (Å²) in [7, 11) is -2.51. The monoisotopic (exact) mass is 349 g/mol. The first-order chi connectivity index (χ1) is 11.3. The zero-order chi connectivity index (χ0) is 17.3. The van der Waals surface area contributed by atoms with Crippen LogP contribution in [0.2, 0.25) is 0 Å². The highest BCUT2D eigenvalue weighted by Crippen LogP contribution is 2.21. The molecule has 0 saturated heterocycles. The number of anilines is 3. The lowest BCUT2D eigenvalue weighted by atomic mass is 10.2. The van der Waals surface area contributed by atoms with Crippen molar-refractivity contribution >= 4 is 38.8 Å². The van der Waals surface area contributed by atoms with Gasteiger partial charge in [0.05, 0.1) is 17.3 Å². The minimum Gasteiger partial charge on any atom is -0.368 e. The van der Waals surface area contributed by atoms with E-state index >= 15 is 0 Å². The van der Waals surface area contributed by atoms with Gasteiger partial charge in [-0.15, -0.1) is 0 Å². The number of rotatable bonds is 5. The number of hydrogen-bond acceptors (Lipinski definition) is 7. The lowest BCUT2D eigenvalue weighted by Gasteiger charge is -2.08. The third-order valence-corrected chi connectivity index (χ3v) is 3.76. The Labute approximate surface area is 137 Å². The average Bonchev–Trinajstić information content (AvgIpc) is 2.86. The molecule has 5 N–H and O–H groups in total. The van der Waals surface area contributed by atoms with Crippen LogP contribution in [0.5, 0.6) is 0 Å². The first-order valence-corrected chi connectivity index (χ1v) is 8.29. The van der Waals surface area contributed by atoms with Crippen molar-refractivity contribution < 1.29 is 13.0 Å². The van der Waals surface area contributed by atoms with Crippen molar-refractivity contribution in [2.24, 2.45) is 7.05 Å². The maximum absolute atomic E-state index is 10.8. The molecule has 126 valence electrons. The molecule has 0 fully saturated rings. The summed E-state index contributed by atoms with van der Waals surface area (Å²) >= 11 is 0. The fraction of sp³-hybridized carbons (Fsp3) is 0.154. The molecule has 24 heavy (non-hydrogen) atoms. The van der Waals surface area contributed by atoms with Gasteiger partial charge >= 0.3 is 10.3 Å². The average molecular weight is 349 g/mol. The Bertz CT molecular complexity index is 983. The maximum Gasteiger partial charge on any atom is 0.357 e. The summed E-state index contributed by atoms with van der Waals surface area (Å²) < 4.78 is 33.8. The highest BCUT2D eigenvalue weighted by Gasteiger charge is 2.10. The van der Waals surface area contributed by atoms with Crippen molar-refractivity contribution in [3.63, 3.8) is 0 Å². The second-order valence-electron chi connectivity index (χ2n) is 5.06. The molecule has 0 amide bonds. The van der Waals surface area contributed by atoms with Crippen LogP contribution in [0, 0.1) is 0 Å². The van der Waals surface area contributed by atoms with Crippen LogP contribution in [0.25, 0.3) is 11.0 Å². The number of nitrogen functional groups attached to an aromatic ring is 1. The fourth-order valence-corrected chi connectivity index (χ4v) is 2.63. The van der Waals surface area contributed by atoms with E-state index in [1.165, 1.54) is 0 Å². The topological polar surface area (TPSA) is 148 Å². The van der Waals surface area contributed by atoms with Crippen LogP contribution in [0.1, 0.15) is 5.56 Å². The second-order valence-corrected chi connectivity index (χ2v) is 6.22. The molecule has 0 bridgehead atoms. The maximum atomic E-state index is 10.8. The summed E-state index contributed by atoms with van der Waals surface area (Å²) in [6.45, 7) is 0.437. The van der Waals surface area contributed by atoms with E-state index in [0.717, 1.165) is 10.9 Å². The quantitative estimate of drug-likeness (QED) is 0.494. The largest absolute Gasteiger partial charge is 0.368 e. The highest BCUT2D eigenvalue weighted by atomic mass is 32.2. The predicted octanol–water partition coefficient (Wildman–Crippen LogP) is 0.772. The number of aromatic nitrogens is 4. The molecule has 0 radical (unpaired) electrons.